The summed E-state index contributed by atoms with van der Waals surface area (Å²) < 4.78 is 16.7. The highest BCUT2D eigenvalue weighted by molar-refractivity contribution is 7.84. The summed E-state index contributed by atoms with van der Waals surface area (Å²) in [4.78, 5) is 11.1. The zero-order chi connectivity index (χ0) is 13.7. The van der Waals surface area contributed by atoms with Gasteiger partial charge in [-0.25, -0.2) is 0 Å². The van der Waals surface area contributed by atoms with Gasteiger partial charge in [0, 0.05) is 21.8 Å². The standard InChI is InChI=1S/C14H20O3S/c1-10-5-6-11(2)13(7-10)9-18(16)12(3)8-14(15)17-4/h5-7,12H,8-9H2,1-4H3. The maximum Gasteiger partial charge on any atom is 0.306 e. The van der Waals surface area contributed by atoms with E-state index >= 15 is 0 Å². The van der Waals surface area contributed by atoms with E-state index in [4.69, 9.17) is 0 Å². The van der Waals surface area contributed by atoms with Crippen molar-refractivity contribution in [2.75, 3.05) is 7.11 Å². The summed E-state index contributed by atoms with van der Waals surface area (Å²) in [6.45, 7) is 5.85. The summed E-state index contributed by atoms with van der Waals surface area (Å²) in [5, 5.41) is -0.183. The Balaban J connectivity index is 2.69. The van der Waals surface area contributed by atoms with Gasteiger partial charge in [-0.05, 0) is 25.0 Å². The molecule has 0 aliphatic carbocycles. The molecule has 0 aliphatic rings. The zero-order valence-corrected chi connectivity index (χ0v) is 12.2. The molecule has 0 aliphatic heterocycles. The normalized spacial score (nSPS) is 14.0. The summed E-state index contributed by atoms with van der Waals surface area (Å²) in [7, 11) is 0.293. The van der Waals surface area contributed by atoms with E-state index in [-0.39, 0.29) is 17.6 Å². The van der Waals surface area contributed by atoms with Gasteiger partial charge in [0.2, 0.25) is 0 Å². The van der Waals surface area contributed by atoms with Crippen LogP contribution in [-0.4, -0.2) is 22.5 Å². The molecule has 2 atom stereocenters. The second-order valence-corrected chi connectivity index (χ2v) is 6.40. The SMILES string of the molecule is COC(=O)CC(C)S(=O)Cc1cc(C)ccc1C. The van der Waals surface area contributed by atoms with Gasteiger partial charge in [0.05, 0.1) is 13.5 Å². The third-order valence-electron chi connectivity index (χ3n) is 2.93. The predicted molar refractivity (Wildman–Crippen MR) is 73.9 cm³/mol. The summed E-state index contributed by atoms with van der Waals surface area (Å²) >= 11 is 0. The minimum Gasteiger partial charge on any atom is -0.469 e. The highest BCUT2D eigenvalue weighted by Crippen LogP contribution is 2.15. The molecule has 1 aromatic rings. The van der Waals surface area contributed by atoms with Crippen molar-refractivity contribution in [3.05, 3.63) is 34.9 Å². The van der Waals surface area contributed by atoms with E-state index in [1.165, 1.54) is 7.11 Å². The van der Waals surface area contributed by atoms with Crippen LogP contribution in [0.25, 0.3) is 0 Å². The van der Waals surface area contributed by atoms with Crippen molar-refractivity contribution in [1.82, 2.24) is 0 Å². The Morgan fingerprint density at radius 3 is 2.67 bits per heavy atom. The van der Waals surface area contributed by atoms with Gasteiger partial charge in [0.25, 0.3) is 0 Å². The van der Waals surface area contributed by atoms with Crippen LogP contribution in [0.1, 0.15) is 30.0 Å². The Morgan fingerprint density at radius 2 is 2.06 bits per heavy atom. The van der Waals surface area contributed by atoms with Gasteiger partial charge in [0.1, 0.15) is 0 Å². The molecule has 0 bridgehead atoms. The molecule has 100 valence electrons. The predicted octanol–water partition coefficient (Wildman–Crippen LogP) is 2.50. The molecular formula is C14H20O3S. The lowest BCUT2D eigenvalue weighted by molar-refractivity contribution is -0.140. The number of hydrogen-bond donors (Lipinski definition) is 0. The van der Waals surface area contributed by atoms with Crippen LogP contribution in [0.4, 0.5) is 0 Å². The summed E-state index contributed by atoms with van der Waals surface area (Å²) in [5.41, 5.74) is 3.39. The molecule has 2 unspecified atom stereocenters. The number of methoxy groups -OCH3 is 1. The van der Waals surface area contributed by atoms with E-state index < -0.39 is 10.8 Å². The Bertz CT molecular complexity index is 454. The van der Waals surface area contributed by atoms with Gasteiger partial charge < -0.3 is 4.74 Å². The van der Waals surface area contributed by atoms with Crippen molar-refractivity contribution >= 4 is 16.8 Å². The number of rotatable bonds is 5. The minimum absolute atomic E-state index is 0.183. The lowest BCUT2D eigenvalue weighted by Gasteiger charge is -2.12. The average molecular weight is 268 g/mol. The Hall–Kier alpha value is -1.16. The number of benzene rings is 1. The Labute approximate surface area is 111 Å². The van der Waals surface area contributed by atoms with Crippen molar-refractivity contribution < 1.29 is 13.7 Å². The van der Waals surface area contributed by atoms with Gasteiger partial charge in [-0.15, -0.1) is 0 Å². The molecule has 0 N–H and O–H groups in total. The first kappa shape index (κ1) is 14.9. The van der Waals surface area contributed by atoms with E-state index in [9.17, 15) is 9.00 Å². The molecule has 18 heavy (non-hydrogen) atoms. The monoisotopic (exact) mass is 268 g/mol. The number of hydrogen-bond acceptors (Lipinski definition) is 3. The molecule has 0 fully saturated rings. The van der Waals surface area contributed by atoms with E-state index in [2.05, 4.69) is 10.8 Å². The lowest BCUT2D eigenvalue weighted by atomic mass is 10.1. The van der Waals surface area contributed by atoms with E-state index in [1.807, 2.05) is 32.9 Å². The molecule has 0 spiro atoms. The smallest absolute Gasteiger partial charge is 0.306 e. The quantitative estimate of drug-likeness (QED) is 0.771. The number of ether oxygens (including phenoxy) is 1. The molecule has 1 aromatic carbocycles. The van der Waals surface area contributed by atoms with Crippen molar-refractivity contribution in [2.45, 2.75) is 38.2 Å². The highest BCUT2D eigenvalue weighted by Gasteiger charge is 2.17. The van der Waals surface area contributed by atoms with Crippen LogP contribution in [0, 0.1) is 13.8 Å². The van der Waals surface area contributed by atoms with Crippen molar-refractivity contribution in [3.63, 3.8) is 0 Å². The van der Waals surface area contributed by atoms with Crippen LogP contribution >= 0.6 is 0 Å². The lowest BCUT2D eigenvalue weighted by Crippen LogP contribution is -2.18. The van der Waals surface area contributed by atoms with Gasteiger partial charge >= 0.3 is 5.97 Å². The van der Waals surface area contributed by atoms with Crippen LogP contribution in [-0.2, 0) is 26.1 Å². The van der Waals surface area contributed by atoms with E-state index in [0.29, 0.717) is 5.75 Å². The van der Waals surface area contributed by atoms with Crippen molar-refractivity contribution in [1.29, 1.82) is 0 Å². The second-order valence-electron chi connectivity index (χ2n) is 4.55. The zero-order valence-electron chi connectivity index (χ0n) is 11.4. The second kappa shape index (κ2) is 6.69. The molecular weight excluding hydrogens is 248 g/mol. The topological polar surface area (TPSA) is 43.4 Å². The molecule has 0 saturated heterocycles. The van der Waals surface area contributed by atoms with Gasteiger partial charge in [-0.1, -0.05) is 30.7 Å². The molecule has 4 heteroatoms. The first-order chi connectivity index (χ1) is 8.43. The van der Waals surface area contributed by atoms with Gasteiger partial charge in [-0.2, -0.15) is 0 Å². The third-order valence-corrected chi connectivity index (χ3v) is 4.59. The van der Waals surface area contributed by atoms with E-state index in [0.717, 1.165) is 16.7 Å². The maximum absolute atomic E-state index is 12.1. The fraction of sp³-hybridized carbons (Fsp3) is 0.500. The van der Waals surface area contributed by atoms with Crippen molar-refractivity contribution in [2.24, 2.45) is 0 Å². The molecule has 0 saturated carbocycles. The molecule has 1 rings (SSSR count). The van der Waals surface area contributed by atoms with Crippen LogP contribution in [0.15, 0.2) is 18.2 Å². The molecule has 0 radical (unpaired) electrons. The van der Waals surface area contributed by atoms with Crippen molar-refractivity contribution in [3.8, 4) is 0 Å². The summed E-state index contributed by atoms with van der Waals surface area (Å²) in [6.07, 6.45) is 0.202. The van der Waals surface area contributed by atoms with Gasteiger partial charge in [0.15, 0.2) is 0 Å². The molecule has 0 amide bonds. The fourth-order valence-electron chi connectivity index (χ4n) is 1.66. The molecule has 0 aromatic heterocycles. The van der Waals surface area contributed by atoms with Crippen LogP contribution < -0.4 is 0 Å². The maximum atomic E-state index is 12.1. The van der Waals surface area contributed by atoms with E-state index in [1.54, 1.807) is 0 Å². The average Bonchev–Trinajstić information content (AvgIpc) is 2.33. The number of carbonyl (C=O) groups is 1. The number of carbonyl (C=O) groups excluding carboxylic acids is 1. The van der Waals surface area contributed by atoms with Crippen LogP contribution in [0.5, 0.6) is 0 Å². The summed E-state index contributed by atoms with van der Waals surface area (Å²) in [6, 6.07) is 6.13. The summed E-state index contributed by atoms with van der Waals surface area (Å²) in [5.74, 6) is 0.183. The Kier molecular flexibility index (Phi) is 5.54. The Morgan fingerprint density at radius 1 is 1.39 bits per heavy atom. The molecule has 3 nitrogen and oxygen atoms in total. The fourth-order valence-corrected chi connectivity index (χ4v) is 2.89. The first-order valence-corrected chi connectivity index (χ1v) is 7.32. The number of aryl methyl sites for hydroxylation is 2. The minimum atomic E-state index is -1.06. The van der Waals surface area contributed by atoms with Gasteiger partial charge in [-0.3, -0.25) is 9.00 Å². The largest absolute Gasteiger partial charge is 0.469 e. The third kappa shape index (κ3) is 4.26. The molecule has 0 heterocycles. The highest BCUT2D eigenvalue weighted by atomic mass is 32.2. The first-order valence-electron chi connectivity index (χ1n) is 5.94. The van der Waals surface area contributed by atoms with Crippen LogP contribution in [0.3, 0.4) is 0 Å². The van der Waals surface area contributed by atoms with Crippen LogP contribution in [0.2, 0.25) is 0 Å². The number of esters is 1.